The number of hydrogen-bond acceptors (Lipinski definition) is 4. The summed E-state index contributed by atoms with van der Waals surface area (Å²) in [6.07, 6.45) is 0. The second-order valence-corrected chi connectivity index (χ2v) is 15.6. The number of hydrogen-bond donors (Lipinski definition) is 0. The number of fused-ring (bicyclic) bond motifs is 10. The summed E-state index contributed by atoms with van der Waals surface area (Å²) < 4.78 is 11.2. The van der Waals surface area contributed by atoms with Gasteiger partial charge in [0.05, 0.1) is 27.8 Å². The molecule has 0 fully saturated rings. The zero-order valence-electron chi connectivity index (χ0n) is 32.7. The van der Waals surface area contributed by atoms with E-state index in [-0.39, 0.29) is 0 Å². The maximum Gasteiger partial charge on any atom is 0.238 e. The minimum absolute atomic E-state index is 0.536. The Morgan fingerprint density at radius 3 is 1.59 bits per heavy atom. The zero-order valence-corrected chi connectivity index (χ0v) is 32.7. The van der Waals surface area contributed by atoms with Gasteiger partial charge in [-0.3, -0.25) is 4.57 Å². The molecule has 0 amide bonds. The van der Waals surface area contributed by atoms with Gasteiger partial charge in [-0.15, -0.1) is 0 Å². The fourth-order valence-electron chi connectivity index (χ4n) is 9.33. The Labute approximate surface area is 349 Å². The fraction of sp³-hybridized carbons (Fsp3) is 0. The van der Waals surface area contributed by atoms with Crippen molar-refractivity contribution in [3.05, 3.63) is 200 Å². The topological polar surface area (TPSA) is 61.7 Å². The van der Waals surface area contributed by atoms with E-state index in [0.29, 0.717) is 17.6 Å². The van der Waals surface area contributed by atoms with Crippen molar-refractivity contribution >= 4 is 76.3 Å². The molecule has 0 bridgehead atoms. The first kappa shape index (κ1) is 33.6. The van der Waals surface area contributed by atoms with E-state index in [2.05, 4.69) is 191 Å². The lowest BCUT2D eigenvalue weighted by Crippen LogP contribution is -2.08. The van der Waals surface area contributed by atoms with Crippen LogP contribution in [0.25, 0.3) is 122 Å². The highest BCUT2D eigenvalue weighted by Gasteiger charge is 2.24. The van der Waals surface area contributed by atoms with Gasteiger partial charge >= 0.3 is 0 Å². The third-order valence-corrected chi connectivity index (χ3v) is 12.2. The van der Waals surface area contributed by atoms with Crippen LogP contribution in [0.3, 0.4) is 0 Å². The molecule has 0 unspecified atom stereocenters. The first-order chi connectivity index (χ1) is 30.2. The Morgan fingerprint density at radius 2 is 0.869 bits per heavy atom. The molecule has 0 atom stereocenters. The molecule has 61 heavy (non-hydrogen) atoms. The minimum atomic E-state index is 0.536. The molecular weight excluding hydrogens is 747 g/mol. The van der Waals surface area contributed by atoms with Crippen molar-refractivity contribution in [2.75, 3.05) is 0 Å². The summed E-state index contributed by atoms with van der Waals surface area (Å²) in [5.41, 5.74) is 10.8. The average Bonchev–Trinajstić information content (AvgIpc) is 3.97. The van der Waals surface area contributed by atoms with Gasteiger partial charge in [0.1, 0.15) is 11.2 Å². The number of nitrogens with zero attached hydrogens (tertiary/aromatic N) is 5. The van der Waals surface area contributed by atoms with E-state index in [0.717, 1.165) is 82.7 Å². The van der Waals surface area contributed by atoms with Crippen LogP contribution in [0, 0.1) is 0 Å². The van der Waals surface area contributed by atoms with Crippen molar-refractivity contribution in [2.45, 2.75) is 0 Å². The molecule has 284 valence electrons. The summed E-state index contributed by atoms with van der Waals surface area (Å²) in [7, 11) is 0. The number of para-hydroxylation sites is 4. The van der Waals surface area contributed by atoms with Crippen molar-refractivity contribution in [1.29, 1.82) is 0 Å². The average molecular weight is 780 g/mol. The molecule has 0 N–H and O–H groups in total. The highest BCUT2D eigenvalue weighted by molar-refractivity contribution is 6.15. The van der Waals surface area contributed by atoms with Crippen molar-refractivity contribution in [3.8, 4) is 45.5 Å². The smallest absolute Gasteiger partial charge is 0.238 e. The molecule has 13 rings (SSSR count). The van der Waals surface area contributed by atoms with Gasteiger partial charge in [0.2, 0.25) is 5.95 Å². The standard InChI is InChI=1S/C55H33N5O/c1-2-14-34(15-3-1)35-26-28-36(29-27-35)53-56-54(58-55(57-53)60-47-23-11-6-18-39(47)40-19-7-12-24-48(40)60)45-33-52-44(42-21-9-13-25-51(42)61-52)32-50(45)59-46-22-10-8-20-41(46)43-30-37-16-4-5-17-38(37)31-49(43)59/h1-33H. The number of benzene rings is 9. The molecule has 4 aromatic heterocycles. The molecule has 6 heteroatoms. The third-order valence-electron chi connectivity index (χ3n) is 12.2. The second kappa shape index (κ2) is 13.1. The Bertz CT molecular complexity index is 3820. The predicted octanol–water partition coefficient (Wildman–Crippen LogP) is 14.1. The largest absolute Gasteiger partial charge is 0.456 e. The van der Waals surface area contributed by atoms with Gasteiger partial charge in [-0.2, -0.15) is 9.97 Å². The Hall–Kier alpha value is -8.35. The molecule has 4 heterocycles. The van der Waals surface area contributed by atoms with E-state index in [4.69, 9.17) is 19.4 Å². The van der Waals surface area contributed by atoms with Crippen LogP contribution in [0.5, 0.6) is 0 Å². The summed E-state index contributed by atoms with van der Waals surface area (Å²) in [5, 5.41) is 9.07. The van der Waals surface area contributed by atoms with E-state index in [1.54, 1.807) is 0 Å². The normalized spacial score (nSPS) is 11.9. The molecule has 0 spiro atoms. The van der Waals surface area contributed by atoms with Crippen LogP contribution < -0.4 is 0 Å². The maximum atomic E-state index is 6.62. The van der Waals surface area contributed by atoms with Crippen LogP contribution >= 0.6 is 0 Å². The third kappa shape index (κ3) is 5.19. The van der Waals surface area contributed by atoms with Crippen molar-refractivity contribution < 1.29 is 4.42 Å². The van der Waals surface area contributed by atoms with Gasteiger partial charge in [-0.05, 0) is 70.4 Å². The van der Waals surface area contributed by atoms with Crippen molar-refractivity contribution in [2.24, 2.45) is 0 Å². The van der Waals surface area contributed by atoms with E-state index >= 15 is 0 Å². The second-order valence-electron chi connectivity index (χ2n) is 15.6. The summed E-state index contributed by atoms with van der Waals surface area (Å²) in [4.78, 5) is 16.2. The first-order valence-corrected chi connectivity index (χ1v) is 20.5. The number of furan rings is 1. The molecule has 0 radical (unpaired) electrons. The monoisotopic (exact) mass is 779 g/mol. The van der Waals surface area contributed by atoms with E-state index < -0.39 is 0 Å². The maximum absolute atomic E-state index is 6.62. The van der Waals surface area contributed by atoms with Crippen LogP contribution in [0.1, 0.15) is 0 Å². The van der Waals surface area contributed by atoms with Crippen LogP contribution in [0.2, 0.25) is 0 Å². The Kier molecular flexibility index (Phi) is 7.21. The van der Waals surface area contributed by atoms with Gasteiger partial charge in [-0.1, -0.05) is 152 Å². The van der Waals surface area contributed by atoms with E-state index in [1.807, 2.05) is 18.2 Å². The molecule has 6 nitrogen and oxygen atoms in total. The summed E-state index contributed by atoms with van der Waals surface area (Å²) >= 11 is 0. The SMILES string of the molecule is c1ccc(-c2ccc(-c3nc(-c4cc5oc6ccccc6c5cc4-n4c5ccccc5c5cc6ccccc6cc54)nc(-n4c5ccccc5c5ccccc54)n3)cc2)cc1. The molecule has 0 saturated carbocycles. The van der Waals surface area contributed by atoms with Crippen molar-refractivity contribution in [1.82, 2.24) is 24.1 Å². The fourth-order valence-corrected chi connectivity index (χ4v) is 9.33. The lowest BCUT2D eigenvalue weighted by Gasteiger charge is -2.16. The molecule has 9 aromatic carbocycles. The summed E-state index contributed by atoms with van der Waals surface area (Å²) in [5.74, 6) is 1.65. The number of aromatic nitrogens is 5. The highest BCUT2D eigenvalue weighted by Crippen LogP contribution is 2.42. The summed E-state index contributed by atoms with van der Waals surface area (Å²) in [6.45, 7) is 0. The van der Waals surface area contributed by atoms with Gasteiger partial charge in [0, 0.05) is 43.4 Å². The molecule has 0 aliphatic heterocycles. The molecule has 0 saturated heterocycles. The number of rotatable bonds is 5. The summed E-state index contributed by atoms with van der Waals surface area (Å²) in [6, 6.07) is 70.3. The molecule has 0 aliphatic carbocycles. The van der Waals surface area contributed by atoms with E-state index in [9.17, 15) is 0 Å². The van der Waals surface area contributed by atoms with Crippen LogP contribution in [-0.4, -0.2) is 24.1 Å². The van der Waals surface area contributed by atoms with Gasteiger partial charge in [-0.25, -0.2) is 4.98 Å². The lowest BCUT2D eigenvalue weighted by molar-refractivity contribution is 0.669. The molecular formula is C55H33N5O. The first-order valence-electron chi connectivity index (χ1n) is 20.5. The molecule has 13 aromatic rings. The van der Waals surface area contributed by atoms with Gasteiger partial charge in [0.15, 0.2) is 11.6 Å². The van der Waals surface area contributed by atoms with Crippen LogP contribution in [0.4, 0.5) is 0 Å². The predicted molar refractivity (Wildman–Crippen MR) is 250 cm³/mol. The Morgan fingerprint density at radius 1 is 0.328 bits per heavy atom. The minimum Gasteiger partial charge on any atom is -0.456 e. The quantitative estimate of drug-likeness (QED) is 0.175. The van der Waals surface area contributed by atoms with Gasteiger partial charge < -0.3 is 8.98 Å². The van der Waals surface area contributed by atoms with Crippen LogP contribution in [-0.2, 0) is 0 Å². The van der Waals surface area contributed by atoms with Crippen molar-refractivity contribution in [3.63, 3.8) is 0 Å². The lowest BCUT2D eigenvalue weighted by atomic mass is 10.0. The van der Waals surface area contributed by atoms with Crippen LogP contribution in [0.15, 0.2) is 205 Å². The van der Waals surface area contributed by atoms with Gasteiger partial charge in [0.25, 0.3) is 0 Å². The molecule has 0 aliphatic rings. The van der Waals surface area contributed by atoms with E-state index in [1.165, 1.54) is 21.5 Å². The highest BCUT2D eigenvalue weighted by atomic mass is 16.3. The zero-order chi connectivity index (χ0) is 40.0. The Balaban J connectivity index is 1.14.